The van der Waals surface area contributed by atoms with Gasteiger partial charge in [0.25, 0.3) is 0 Å². The van der Waals surface area contributed by atoms with E-state index >= 15 is 0 Å². The molecule has 8 aromatic carbocycles. The highest BCUT2D eigenvalue weighted by atomic mass is 19.4. The second-order valence-corrected chi connectivity index (χ2v) is 17.2. The third kappa shape index (κ3) is 7.57. The largest absolute Gasteiger partial charge is 0.416 e. The predicted octanol–water partition coefficient (Wildman–Crippen LogP) is 15.7. The van der Waals surface area contributed by atoms with Crippen LogP contribution in [0.5, 0.6) is 0 Å². The Morgan fingerprint density at radius 3 is 1.43 bits per heavy atom. The van der Waals surface area contributed by atoms with Crippen LogP contribution in [0.1, 0.15) is 16.7 Å². The summed E-state index contributed by atoms with van der Waals surface area (Å²) in [5.41, 5.74) is 4.52. The molecule has 0 aliphatic rings. The van der Waals surface area contributed by atoms with Crippen LogP contribution in [0.15, 0.2) is 200 Å². The number of fused-ring (bicyclic) bond motifs is 6. The molecule has 0 unspecified atom stereocenters. The van der Waals surface area contributed by atoms with Gasteiger partial charge in [-0.05, 0) is 83.9 Å². The summed E-state index contributed by atoms with van der Waals surface area (Å²) in [5.74, 6) is 1.12. The van der Waals surface area contributed by atoms with Crippen molar-refractivity contribution in [2.75, 3.05) is 0 Å². The van der Waals surface area contributed by atoms with E-state index in [2.05, 4.69) is 34.9 Å². The number of aromatic nitrogens is 6. The van der Waals surface area contributed by atoms with E-state index in [0.29, 0.717) is 56.0 Å². The minimum atomic E-state index is -5.03. The number of nitrogens with zero attached hydrogens (tertiary/aromatic N) is 7. The van der Waals surface area contributed by atoms with E-state index in [1.54, 1.807) is 30.5 Å². The summed E-state index contributed by atoms with van der Waals surface area (Å²) < 4.78 is 88.7. The zero-order valence-electron chi connectivity index (χ0n) is 37.5. The first-order valence-electron chi connectivity index (χ1n) is 22.7. The van der Waals surface area contributed by atoms with E-state index < -0.39 is 23.5 Å². The average molecular weight is 954 g/mol. The molecule has 0 aliphatic heterocycles. The Hall–Kier alpha value is -9.41. The van der Waals surface area contributed by atoms with Gasteiger partial charge in [0.05, 0.1) is 50.1 Å². The molecule has 0 amide bonds. The molecule has 12 aromatic rings. The Kier molecular flexibility index (Phi) is 10.3. The Balaban J connectivity index is 1.14. The van der Waals surface area contributed by atoms with Gasteiger partial charge in [-0.3, -0.25) is 4.98 Å². The van der Waals surface area contributed by atoms with Gasteiger partial charge in [0, 0.05) is 55.7 Å². The van der Waals surface area contributed by atoms with Crippen LogP contribution in [0.25, 0.3) is 112 Å². The standard InChI is InChI=1S/C59H33F6N7/c60-58(61,62)41-28-38(29-42(32-41)59(63,64)65)37-23-24-53-47(30-37)46-19-9-12-22-52(46)72(53)54-40(34-66)27-39(57-69-55(35-13-3-1-4-14-35)68-56(70-57)36-15-5-2-6-16-36)31-48(54)49-33-43(25-26-67-49)71-50-20-10-7-17-44(50)45-18-8-11-21-51(45)71/h1-33H. The summed E-state index contributed by atoms with van der Waals surface area (Å²) in [6.07, 6.45) is -8.36. The molecule has 72 heavy (non-hydrogen) atoms. The van der Waals surface area contributed by atoms with Crippen LogP contribution in [-0.4, -0.2) is 29.1 Å². The molecule has 13 heteroatoms. The van der Waals surface area contributed by atoms with Crippen LogP contribution in [-0.2, 0) is 12.4 Å². The lowest BCUT2D eigenvalue weighted by molar-refractivity contribution is -0.143. The zero-order valence-corrected chi connectivity index (χ0v) is 37.5. The van der Waals surface area contributed by atoms with Crippen LogP contribution in [0.4, 0.5) is 26.3 Å². The van der Waals surface area contributed by atoms with Gasteiger partial charge in [-0.15, -0.1) is 0 Å². The lowest BCUT2D eigenvalue weighted by Crippen LogP contribution is -2.11. The highest BCUT2D eigenvalue weighted by molar-refractivity contribution is 6.12. The SMILES string of the molecule is N#Cc1cc(-c2nc(-c3ccccc3)nc(-c3ccccc3)n2)cc(-c2cc(-n3c4ccccc4c4ccccc43)ccn2)c1-n1c2ccccc2c2cc(-c3cc(C(F)(F)F)cc(C(F)(F)F)c3)ccc21. The normalized spacial score (nSPS) is 12.0. The molecule has 4 aromatic heterocycles. The molecule has 0 spiro atoms. The summed E-state index contributed by atoms with van der Waals surface area (Å²) in [7, 11) is 0. The van der Waals surface area contributed by atoms with E-state index in [0.717, 1.165) is 50.8 Å². The molecule has 0 N–H and O–H groups in total. The van der Waals surface area contributed by atoms with E-state index in [1.165, 1.54) is 6.07 Å². The minimum absolute atomic E-state index is 0.120. The fraction of sp³-hybridized carbons (Fsp3) is 0.0339. The van der Waals surface area contributed by atoms with Crippen LogP contribution in [0.3, 0.4) is 0 Å². The first-order chi connectivity index (χ1) is 34.9. The summed E-state index contributed by atoms with van der Waals surface area (Å²) in [5, 5.41) is 14.6. The summed E-state index contributed by atoms with van der Waals surface area (Å²) in [6.45, 7) is 0. The van der Waals surface area contributed by atoms with Crippen molar-refractivity contribution < 1.29 is 26.3 Å². The molecular weight excluding hydrogens is 921 g/mol. The maximum Gasteiger partial charge on any atom is 0.416 e. The van der Waals surface area contributed by atoms with Crippen LogP contribution in [0.2, 0.25) is 0 Å². The molecule has 7 nitrogen and oxygen atoms in total. The Morgan fingerprint density at radius 2 is 0.889 bits per heavy atom. The van der Waals surface area contributed by atoms with Gasteiger partial charge >= 0.3 is 12.4 Å². The van der Waals surface area contributed by atoms with E-state index in [-0.39, 0.29) is 28.6 Å². The number of rotatable bonds is 7. The minimum Gasteiger partial charge on any atom is -0.309 e. The number of halogens is 6. The molecule has 4 heterocycles. The number of hydrogen-bond acceptors (Lipinski definition) is 5. The molecule has 12 rings (SSSR count). The molecule has 0 saturated heterocycles. The van der Waals surface area contributed by atoms with Gasteiger partial charge in [0.1, 0.15) is 6.07 Å². The average Bonchev–Trinajstić information content (AvgIpc) is 3.93. The quantitative estimate of drug-likeness (QED) is 0.149. The van der Waals surface area contributed by atoms with Crippen molar-refractivity contribution in [1.82, 2.24) is 29.1 Å². The van der Waals surface area contributed by atoms with Gasteiger partial charge in [-0.1, -0.05) is 121 Å². The van der Waals surface area contributed by atoms with Crippen molar-refractivity contribution in [2.45, 2.75) is 12.4 Å². The van der Waals surface area contributed by atoms with Crippen molar-refractivity contribution in [3.63, 3.8) is 0 Å². The highest BCUT2D eigenvalue weighted by Crippen LogP contribution is 2.44. The van der Waals surface area contributed by atoms with E-state index in [1.807, 2.05) is 126 Å². The third-order valence-electron chi connectivity index (χ3n) is 12.9. The van der Waals surface area contributed by atoms with Crippen molar-refractivity contribution >= 4 is 43.6 Å². The van der Waals surface area contributed by atoms with Crippen molar-refractivity contribution in [1.29, 1.82) is 5.26 Å². The van der Waals surface area contributed by atoms with Gasteiger partial charge in [0.15, 0.2) is 17.5 Å². The molecule has 0 fully saturated rings. The monoisotopic (exact) mass is 953 g/mol. The Labute approximate surface area is 406 Å². The van der Waals surface area contributed by atoms with Gasteiger partial charge in [-0.25, -0.2) is 15.0 Å². The smallest absolute Gasteiger partial charge is 0.309 e. The molecule has 0 bridgehead atoms. The highest BCUT2D eigenvalue weighted by Gasteiger charge is 2.37. The first-order valence-corrected chi connectivity index (χ1v) is 22.7. The van der Waals surface area contributed by atoms with Gasteiger partial charge in [0.2, 0.25) is 0 Å². The van der Waals surface area contributed by atoms with Gasteiger partial charge in [-0.2, -0.15) is 31.6 Å². The summed E-state index contributed by atoms with van der Waals surface area (Å²) in [6, 6.07) is 58.8. The molecular formula is C59H33F6N7. The topological polar surface area (TPSA) is 85.2 Å². The van der Waals surface area contributed by atoms with Crippen molar-refractivity contribution in [3.8, 4) is 74.0 Å². The fourth-order valence-corrected chi connectivity index (χ4v) is 9.64. The number of pyridine rings is 1. The lowest BCUT2D eigenvalue weighted by Gasteiger charge is -2.18. The van der Waals surface area contributed by atoms with Crippen LogP contribution >= 0.6 is 0 Å². The second kappa shape index (κ2) is 16.9. The molecule has 0 saturated carbocycles. The summed E-state index contributed by atoms with van der Waals surface area (Å²) in [4.78, 5) is 19.9. The zero-order chi connectivity index (χ0) is 49.3. The molecule has 0 radical (unpaired) electrons. The maximum absolute atomic E-state index is 14.1. The van der Waals surface area contributed by atoms with Crippen molar-refractivity contribution in [3.05, 3.63) is 217 Å². The first kappa shape index (κ1) is 43.8. The molecule has 346 valence electrons. The third-order valence-corrected chi connectivity index (χ3v) is 12.9. The Morgan fingerprint density at radius 1 is 0.403 bits per heavy atom. The maximum atomic E-state index is 14.1. The fourth-order valence-electron chi connectivity index (χ4n) is 9.64. The van der Waals surface area contributed by atoms with Gasteiger partial charge < -0.3 is 9.13 Å². The predicted molar refractivity (Wildman–Crippen MR) is 268 cm³/mol. The van der Waals surface area contributed by atoms with E-state index in [4.69, 9.17) is 19.9 Å². The number of para-hydroxylation sites is 3. The summed E-state index contributed by atoms with van der Waals surface area (Å²) >= 11 is 0. The number of benzene rings is 8. The molecule has 0 aliphatic carbocycles. The van der Waals surface area contributed by atoms with Crippen molar-refractivity contribution in [2.24, 2.45) is 0 Å². The second-order valence-electron chi connectivity index (χ2n) is 17.2. The number of nitriles is 1. The number of hydrogen-bond donors (Lipinski definition) is 0. The lowest BCUT2D eigenvalue weighted by atomic mass is 9.97. The van der Waals surface area contributed by atoms with E-state index in [9.17, 15) is 31.6 Å². The molecule has 0 atom stereocenters. The van der Waals surface area contributed by atoms with Crippen LogP contribution < -0.4 is 0 Å². The Bertz CT molecular complexity index is 4010. The van der Waals surface area contributed by atoms with Crippen LogP contribution in [0, 0.1) is 11.3 Å². The number of alkyl halides is 6.